The monoisotopic (exact) mass is 234 g/mol. The Labute approximate surface area is 101 Å². The van der Waals surface area contributed by atoms with Gasteiger partial charge in [-0.2, -0.15) is 5.10 Å². The van der Waals surface area contributed by atoms with Crippen LogP contribution in [-0.2, 0) is 11.3 Å². The minimum Gasteiger partial charge on any atom is -0.396 e. The molecule has 0 fully saturated rings. The topological polar surface area (TPSA) is 72.9 Å². The summed E-state index contributed by atoms with van der Waals surface area (Å²) in [5, 5.41) is 6.85. The normalized spacial score (nSPS) is 14.7. The molecule has 0 saturated heterocycles. The van der Waals surface area contributed by atoms with Crippen molar-refractivity contribution in [1.29, 1.82) is 0 Å². The van der Waals surface area contributed by atoms with E-state index < -0.39 is 0 Å². The lowest BCUT2D eigenvalue weighted by molar-refractivity contribution is -0.121. The molecule has 0 bridgehead atoms. The molecule has 0 radical (unpaired) electrons. The quantitative estimate of drug-likeness (QED) is 0.749. The molecule has 1 heterocycles. The zero-order valence-corrected chi connectivity index (χ0v) is 9.85. The van der Waals surface area contributed by atoms with Gasteiger partial charge in [0.25, 0.3) is 0 Å². The molecule has 3 N–H and O–H groups in total. The van der Waals surface area contributed by atoms with Crippen molar-refractivity contribution in [2.45, 2.75) is 32.2 Å². The van der Waals surface area contributed by atoms with Crippen molar-refractivity contribution >= 4 is 11.6 Å². The average Bonchev–Trinajstić information content (AvgIpc) is 2.90. The van der Waals surface area contributed by atoms with Gasteiger partial charge in [0.2, 0.25) is 5.91 Å². The SMILES string of the molecule is Nc1cnn(CC(=O)NCCC2=CCCC2)c1. The number of hydrogen-bond donors (Lipinski definition) is 2. The Morgan fingerprint density at radius 3 is 3.12 bits per heavy atom. The molecule has 0 aromatic carbocycles. The zero-order valence-electron chi connectivity index (χ0n) is 9.85. The number of nitrogens with two attached hydrogens (primary N) is 1. The summed E-state index contributed by atoms with van der Waals surface area (Å²) in [7, 11) is 0. The van der Waals surface area contributed by atoms with Crippen molar-refractivity contribution in [2.24, 2.45) is 0 Å². The Morgan fingerprint density at radius 2 is 2.47 bits per heavy atom. The zero-order chi connectivity index (χ0) is 12.1. The fraction of sp³-hybridized carbons (Fsp3) is 0.500. The number of nitrogen functional groups attached to an aromatic ring is 1. The highest BCUT2D eigenvalue weighted by molar-refractivity contribution is 5.75. The van der Waals surface area contributed by atoms with Crippen LogP contribution in [0.3, 0.4) is 0 Å². The third-order valence-corrected chi connectivity index (χ3v) is 2.86. The lowest BCUT2D eigenvalue weighted by atomic mass is 10.2. The average molecular weight is 234 g/mol. The van der Waals surface area contributed by atoms with Gasteiger partial charge in [0.15, 0.2) is 0 Å². The molecule has 92 valence electrons. The van der Waals surface area contributed by atoms with Crippen LogP contribution in [0.5, 0.6) is 0 Å². The Bertz CT molecular complexity index is 422. The summed E-state index contributed by atoms with van der Waals surface area (Å²) in [4.78, 5) is 11.6. The number of hydrogen-bond acceptors (Lipinski definition) is 3. The fourth-order valence-electron chi connectivity index (χ4n) is 2.00. The standard InChI is InChI=1S/C12H18N4O/c13-11-7-15-16(8-11)9-12(17)14-6-5-10-3-1-2-4-10/h3,7-8H,1-2,4-6,9,13H2,(H,14,17). The number of aromatic nitrogens is 2. The molecule has 2 rings (SSSR count). The van der Waals surface area contributed by atoms with Gasteiger partial charge in [-0.1, -0.05) is 11.6 Å². The van der Waals surface area contributed by atoms with Gasteiger partial charge in [-0.15, -0.1) is 0 Å². The molecule has 17 heavy (non-hydrogen) atoms. The number of rotatable bonds is 5. The highest BCUT2D eigenvalue weighted by Gasteiger charge is 2.06. The smallest absolute Gasteiger partial charge is 0.241 e. The van der Waals surface area contributed by atoms with Crippen LogP contribution in [0.15, 0.2) is 24.0 Å². The minimum atomic E-state index is -0.0216. The summed E-state index contributed by atoms with van der Waals surface area (Å²) in [6, 6.07) is 0. The Morgan fingerprint density at radius 1 is 1.59 bits per heavy atom. The van der Waals surface area contributed by atoms with Crippen LogP contribution in [0.25, 0.3) is 0 Å². The van der Waals surface area contributed by atoms with Gasteiger partial charge in [-0.05, 0) is 25.7 Å². The van der Waals surface area contributed by atoms with Gasteiger partial charge in [-0.3, -0.25) is 9.48 Å². The van der Waals surface area contributed by atoms with Gasteiger partial charge in [0.1, 0.15) is 6.54 Å². The number of nitrogens with zero attached hydrogens (tertiary/aromatic N) is 2. The minimum absolute atomic E-state index is 0.0216. The van der Waals surface area contributed by atoms with Crippen LogP contribution in [0.4, 0.5) is 5.69 Å². The van der Waals surface area contributed by atoms with Crippen LogP contribution in [0.2, 0.25) is 0 Å². The maximum Gasteiger partial charge on any atom is 0.241 e. The second-order valence-corrected chi connectivity index (χ2v) is 4.33. The third kappa shape index (κ3) is 3.62. The van der Waals surface area contributed by atoms with Crippen LogP contribution < -0.4 is 11.1 Å². The van der Waals surface area contributed by atoms with E-state index in [1.807, 2.05) is 0 Å². The van der Waals surface area contributed by atoms with Gasteiger partial charge in [0.05, 0.1) is 11.9 Å². The first-order valence-corrected chi connectivity index (χ1v) is 5.96. The summed E-state index contributed by atoms with van der Waals surface area (Å²) in [5.74, 6) is -0.0216. The number of allylic oxidation sites excluding steroid dienone is 1. The molecular formula is C12H18N4O. The van der Waals surface area contributed by atoms with Crippen molar-refractivity contribution in [3.05, 3.63) is 24.0 Å². The first kappa shape index (κ1) is 11.7. The van der Waals surface area contributed by atoms with Crippen molar-refractivity contribution in [3.63, 3.8) is 0 Å². The molecule has 0 atom stereocenters. The maximum absolute atomic E-state index is 11.6. The second kappa shape index (κ2) is 5.52. The number of carbonyl (C=O) groups excluding carboxylic acids is 1. The van der Waals surface area contributed by atoms with Crippen LogP contribution in [0.1, 0.15) is 25.7 Å². The van der Waals surface area contributed by atoms with E-state index in [1.165, 1.54) is 31.0 Å². The first-order chi connectivity index (χ1) is 8.24. The molecular weight excluding hydrogens is 216 g/mol. The number of nitrogens with one attached hydrogen (secondary N) is 1. The van der Waals surface area contributed by atoms with E-state index in [0.29, 0.717) is 12.2 Å². The molecule has 0 saturated carbocycles. The Hall–Kier alpha value is -1.78. The van der Waals surface area contributed by atoms with Crippen molar-refractivity contribution in [2.75, 3.05) is 12.3 Å². The van der Waals surface area contributed by atoms with E-state index in [2.05, 4.69) is 16.5 Å². The molecule has 0 aliphatic heterocycles. The van der Waals surface area contributed by atoms with Gasteiger partial charge >= 0.3 is 0 Å². The lowest BCUT2D eigenvalue weighted by Gasteiger charge is -2.05. The van der Waals surface area contributed by atoms with Gasteiger partial charge in [-0.25, -0.2) is 0 Å². The van der Waals surface area contributed by atoms with E-state index in [-0.39, 0.29) is 12.5 Å². The van der Waals surface area contributed by atoms with E-state index in [0.717, 1.165) is 6.42 Å². The Kier molecular flexibility index (Phi) is 3.80. The lowest BCUT2D eigenvalue weighted by Crippen LogP contribution is -2.28. The maximum atomic E-state index is 11.6. The van der Waals surface area contributed by atoms with E-state index in [4.69, 9.17) is 5.73 Å². The van der Waals surface area contributed by atoms with Crippen LogP contribution in [0, 0.1) is 0 Å². The van der Waals surface area contributed by atoms with Crippen molar-refractivity contribution < 1.29 is 4.79 Å². The van der Waals surface area contributed by atoms with Crippen LogP contribution in [-0.4, -0.2) is 22.2 Å². The van der Waals surface area contributed by atoms with E-state index >= 15 is 0 Å². The highest BCUT2D eigenvalue weighted by atomic mass is 16.2. The second-order valence-electron chi connectivity index (χ2n) is 4.33. The van der Waals surface area contributed by atoms with E-state index in [9.17, 15) is 4.79 Å². The molecule has 1 aromatic rings. The van der Waals surface area contributed by atoms with Crippen LogP contribution >= 0.6 is 0 Å². The number of anilines is 1. The number of carbonyl (C=O) groups is 1. The van der Waals surface area contributed by atoms with Crippen molar-refractivity contribution in [3.8, 4) is 0 Å². The summed E-state index contributed by atoms with van der Waals surface area (Å²) in [5.41, 5.74) is 7.56. The molecule has 1 aliphatic rings. The molecule has 5 nitrogen and oxygen atoms in total. The third-order valence-electron chi connectivity index (χ3n) is 2.86. The molecule has 5 heteroatoms. The molecule has 1 amide bonds. The largest absolute Gasteiger partial charge is 0.396 e. The van der Waals surface area contributed by atoms with Gasteiger partial charge in [0, 0.05) is 12.7 Å². The van der Waals surface area contributed by atoms with Gasteiger partial charge < -0.3 is 11.1 Å². The van der Waals surface area contributed by atoms with E-state index in [1.54, 1.807) is 10.9 Å². The fourth-order valence-corrected chi connectivity index (χ4v) is 2.00. The predicted molar refractivity (Wildman–Crippen MR) is 66.2 cm³/mol. The molecule has 1 aromatic heterocycles. The summed E-state index contributed by atoms with van der Waals surface area (Å²) in [6.07, 6.45) is 10.1. The van der Waals surface area contributed by atoms with Crippen molar-refractivity contribution in [1.82, 2.24) is 15.1 Å². The highest BCUT2D eigenvalue weighted by Crippen LogP contribution is 2.19. The molecule has 1 aliphatic carbocycles. The summed E-state index contributed by atoms with van der Waals surface area (Å²) < 4.78 is 1.54. The summed E-state index contributed by atoms with van der Waals surface area (Å²) >= 11 is 0. The summed E-state index contributed by atoms with van der Waals surface area (Å²) in [6.45, 7) is 0.942. The molecule has 0 spiro atoms. The number of amides is 1. The predicted octanol–water partition coefficient (Wildman–Crippen LogP) is 1.08. The first-order valence-electron chi connectivity index (χ1n) is 5.96. The molecule has 0 unspecified atom stereocenters. The Balaban J connectivity index is 1.67.